The molecular weight excluding hydrogens is 198 g/mol. The summed E-state index contributed by atoms with van der Waals surface area (Å²) in [6, 6.07) is 13.7. The summed E-state index contributed by atoms with van der Waals surface area (Å²) in [6.07, 6.45) is 2.43. The van der Waals surface area contributed by atoms with Crippen LogP contribution in [0.5, 0.6) is 0 Å². The minimum Gasteiger partial charge on any atom is -0.294 e. The van der Waals surface area contributed by atoms with Crippen molar-refractivity contribution < 1.29 is 4.79 Å². The summed E-state index contributed by atoms with van der Waals surface area (Å²) in [4.78, 5) is 15.7. The molecule has 1 aromatic heterocycles. The summed E-state index contributed by atoms with van der Waals surface area (Å²) in [7, 11) is 0. The Morgan fingerprint density at radius 3 is 2.56 bits per heavy atom. The summed E-state index contributed by atoms with van der Waals surface area (Å²) < 4.78 is 0. The molecule has 0 atom stereocenters. The lowest BCUT2D eigenvalue weighted by molar-refractivity contribution is 0.101. The fourth-order valence-electron chi connectivity index (χ4n) is 1.69. The second-order valence-electron chi connectivity index (χ2n) is 3.72. The lowest BCUT2D eigenvalue weighted by Crippen LogP contribution is -2.02. The quantitative estimate of drug-likeness (QED) is 0.731. The van der Waals surface area contributed by atoms with Gasteiger partial charge in [0, 0.05) is 18.2 Å². The van der Waals surface area contributed by atoms with E-state index in [1.54, 1.807) is 19.2 Å². The molecule has 16 heavy (non-hydrogen) atoms. The van der Waals surface area contributed by atoms with Crippen molar-refractivity contribution in [3.05, 3.63) is 65.5 Å². The van der Waals surface area contributed by atoms with E-state index in [4.69, 9.17) is 0 Å². The van der Waals surface area contributed by atoms with Gasteiger partial charge in [-0.25, -0.2) is 0 Å². The van der Waals surface area contributed by atoms with Crippen LogP contribution in [0.2, 0.25) is 0 Å². The van der Waals surface area contributed by atoms with Crippen LogP contribution in [-0.2, 0) is 6.42 Å². The molecule has 0 N–H and O–H groups in total. The number of carbonyl (C=O) groups excluding carboxylic acids is 1. The largest absolute Gasteiger partial charge is 0.294 e. The summed E-state index contributed by atoms with van der Waals surface area (Å²) in [5, 5.41) is 0. The maximum Gasteiger partial charge on any atom is 0.161 e. The van der Waals surface area contributed by atoms with Gasteiger partial charge in [-0.3, -0.25) is 9.78 Å². The van der Waals surface area contributed by atoms with Crippen molar-refractivity contribution in [2.45, 2.75) is 13.3 Å². The van der Waals surface area contributed by atoms with Crippen LogP contribution >= 0.6 is 0 Å². The average molecular weight is 211 g/mol. The predicted octanol–water partition coefficient (Wildman–Crippen LogP) is 2.88. The average Bonchev–Trinajstić information content (AvgIpc) is 2.31. The molecule has 2 rings (SSSR count). The zero-order chi connectivity index (χ0) is 11.4. The lowest BCUT2D eigenvalue weighted by Gasteiger charge is -2.05. The van der Waals surface area contributed by atoms with Crippen molar-refractivity contribution in [2.75, 3.05) is 0 Å². The molecule has 0 saturated heterocycles. The maximum absolute atomic E-state index is 11.4. The van der Waals surface area contributed by atoms with E-state index in [9.17, 15) is 4.79 Å². The third-order valence-electron chi connectivity index (χ3n) is 2.48. The highest BCUT2D eigenvalue weighted by Gasteiger charge is 2.07. The fourth-order valence-corrected chi connectivity index (χ4v) is 1.69. The van der Waals surface area contributed by atoms with Gasteiger partial charge in [0.1, 0.15) is 0 Å². The van der Waals surface area contributed by atoms with Gasteiger partial charge < -0.3 is 0 Å². The topological polar surface area (TPSA) is 30.0 Å². The molecule has 0 spiro atoms. The highest BCUT2D eigenvalue weighted by Crippen LogP contribution is 2.12. The molecule has 2 heteroatoms. The zero-order valence-electron chi connectivity index (χ0n) is 9.18. The summed E-state index contributed by atoms with van der Waals surface area (Å²) in [6.45, 7) is 1.57. The van der Waals surface area contributed by atoms with Crippen LogP contribution in [0.1, 0.15) is 28.5 Å². The van der Waals surface area contributed by atoms with E-state index in [1.165, 1.54) is 5.56 Å². The van der Waals surface area contributed by atoms with Gasteiger partial charge in [0.15, 0.2) is 5.78 Å². The molecule has 0 amide bonds. The lowest BCUT2D eigenvalue weighted by atomic mass is 10.0. The Hall–Kier alpha value is -1.96. The second kappa shape index (κ2) is 4.71. The molecule has 0 bridgehead atoms. The first kappa shape index (κ1) is 10.6. The van der Waals surface area contributed by atoms with Gasteiger partial charge in [-0.05, 0) is 24.6 Å². The van der Waals surface area contributed by atoms with E-state index in [2.05, 4.69) is 4.98 Å². The van der Waals surface area contributed by atoms with E-state index < -0.39 is 0 Å². The number of rotatable bonds is 3. The molecule has 0 aliphatic heterocycles. The molecule has 0 aliphatic rings. The Labute approximate surface area is 95.0 Å². The number of benzene rings is 1. The zero-order valence-corrected chi connectivity index (χ0v) is 9.18. The van der Waals surface area contributed by atoms with Crippen molar-refractivity contribution in [1.82, 2.24) is 4.98 Å². The number of hydrogen-bond acceptors (Lipinski definition) is 2. The Bertz CT molecular complexity index is 491. The third-order valence-corrected chi connectivity index (χ3v) is 2.48. The Morgan fingerprint density at radius 2 is 1.88 bits per heavy atom. The summed E-state index contributed by atoms with van der Waals surface area (Å²) in [5.41, 5.74) is 2.73. The molecule has 0 radical (unpaired) electrons. The van der Waals surface area contributed by atoms with Gasteiger partial charge in [-0.1, -0.05) is 30.3 Å². The van der Waals surface area contributed by atoms with E-state index in [0.717, 1.165) is 5.69 Å². The standard InChI is InChI=1S/C14H13NO/c1-11(16)13-8-5-9-15-14(13)10-12-6-3-2-4-7-12/h2-9H,10H2,1H3. The SMILES string of the molecule is CC(=O)c1cccnc1Cc1ccccc1. The Balaban J connectivity index is 2.31. The normalized spacial score (nSPS) is 10.1. The van der Waals surface area contributed by atoms with Crippen LogP contribution in [0.25, 0.3) is 0 Å². The summed E-state index contributed by atoms with van der Waals surface area (Å²) in [5.74, 6) is 0.0685. The van der Waals surface area contributed by atoms with Crippen LogP contribution in [0, 0.1) is 0 Å². The molecule has 2 nitrogen and oxygen atoms in total. The van der Waals surface area contributed by atoms with Gasteiger partial charge in [0.25, 0.3) is 0 Å². The smallest absolute Gasteiger partial charge is 0.161 e. The minimum atomic E-state index is 0.0685. The van der Waals surface area contributed by atoms with E-state index in [1.807, 2.05) is 36.4 Å². The molecule has 2 aromatic rings. The van der Waals surface area contributed by atoms with Crippen molar-refractivity contribution >= 4 is 5.78 Å². The Kier molecular flexibility index (Phi) is 3.10. The molecule has 0 saturated carbocycles. The molecule has 1 aromatic carbocycles. The van der Waals surface area contributed by atoms with Gasteiger partial charge in [0.2, 0.25) is 0 Å². The van der Waals surface area contributed by atoms with E-state index in [-0.39, 0.29) is 5.78 Å². The van der Waals surface area contributed by atoms with Crippen LogP contribution in [0.15, 0.2) is 48.7 Å². The number of hydrogen-bond donors (Lipinski definition) is 0. The van der Waals surface area contributed by atoms with E-state index >= 15 is 0 Å². The first-order valence-corrected chi connectivity index (χ1v) is 5.26. The van der Waals surface area contributed by atoms with Crippen molar-refractivity contribution in [3.63, 3.8) is 0 Å². The van der Waals surface area contributed by atoms with Crippen molar-refractivity contribution in [1.29, 1.82) is 0 Å². The summed E-state index contributed by atoms with van der Waals surface area (Å²) >= 11 is 0. The highest BCUT2D eigenvalue weighted by molar-refractivity contribution is 5.95. The Morgan fingerprint density at radius 1 is 1.12 bits per heavy atom. The first-order chi connectivity index (χ1) is 7.77. The molecular formula is C14H13NO. The molecule has 0 aliphatic carbocycles. The molecule has 1 heterocycles. The van der Waals surface area contributed by atoms with Crippen LogP contribution in [-0.4, -0.2) is 10.8 Å². The number of carbonyl (C=O) groups is 1. The number of Topliss-reactive ketones (excluding diaryl/α,β-unsaturated/α-hetero) is 1. The van der Waals surface area contributed by atoms with Crippen molar-refractivity contribution in [2.24, 2.45) is 0 Å². The molecule has 0 unspecified atom stereocenters. The third kappa shape index (κ3) is 2.34. The van der Waals surface area contributed by atoms with Gasteiger partial charge in [-0.2, -0.15) is 0 Å². The monoisotopic (exact) mass is 211 g/mol. The van der Waals surface area contributed by atoms with Gasteiger partial charge in [-0.15, -0.1) is 0 Å². The minimum absolute atomic E-state index is 0.0685. The van der Waals surface area contributed by atoms with Crippen molar-refractivity contribution in [3.8, 4) is 0 Å². The first-order valence-electron chi connectivity index (χ1n) is 5.26. The number of ketones is 1. The number of pyridine rings is 1. The van der Waals surface area contributed by atoms with Crippen LogP contribution in [0.3, 0.4) is 0 Å². The van der Waals surface area contributed by atoms with Gasteiger partial charge in [0.05, 0.1) is 5.69 Å². The van der Waals surface area contributed by atoms with Gasteiger partial charge >= 0.3 is 0 Å². The van der Waals surface area contributed by atoms with E-state index in [0.29, 0.717) is 12.0 Å². The maximum atomic E-state index is 11.4. The second-order valence-corrected chi connectivity index (χ2v) is 3.72. The van der Waals surface area contributed by atoms with Crippen LogP contribution in [0.4, 0.5) is 0 Å². The van der Waals surface area contributed by atoms with Crippen LogP contribution < -0.4 is 0 Å². The fraction of sp³-hybridized carbons (Fsp3) is 0.143. The molecule has 0 fully saturated rings. The number of nitrogens with zero attached hydrogens (tertiary/aromatic N) is 1. The predicted molar refractivity (Wildman–Crippen MR) is 63.5 cm³/mol. The highest BCUT2D eigenvalue weighted by atomic mass is 16.1. The number of aromatic nitrogens is 1. The molecule has 80 valence electrons.